The smallest absolute Gasteiger partial charge is 0.234 e. The first kappa shape index (κ1) is 12.1. The van der Waals surface area contributed by atoms with Gasteiger partial charge in [-0.1, -0.05) is 0 Å². The maximum absolute atomic E-state index is 12.3. The molecular weight excluding hydrogens is 244 g/mol. The van der Waals surface area contributed by atoms with E-state index in [1.165, 1.54) is 0 Å². The zero-order chi connectivity index (χ0) is 13.5. The van der Waals surface area contributed by atoms with E-state index in [1.807, 2.05) is 25.1 Å². The van der Waals surface area contributed by atoms with E-state index in [0.717, 1.165) is 16.6 Å². The van der Waals surface area contributed by atoms with Crippen molar-refractivity contribution in [1.82, 2.24) is 10.2 Å². The highest BCUT2D eigenvalue weighted by molar-refractivity contribution is 5.97. The number of ether oxygens (including phenoxy) is 1. The zero-order valence-electron chi connectivity index (χ0n) is 10.6. The molecule has 2 heterocycles. The molecule has 100 valence electrons. The van der Waals surface area contributed by atoms with Crippen molar-refractivity contribution < 1.29 is 9.53 Å². The fourth-order valence-electron chi connectivity index (χ4n) is 2.21. The third-order valence-corrected chi connectivity index (χ3v) is 3.74. The molecule has 0 spiro atoms. The molecule has 2 unspecified atom stereocenters. The SMILES string of the molecule is CC1(C(=O)Nc2ccc3cn[nH]c3c2)COCC1N. The van der Waals surface area contributed by atoms with Crippen molar-refractivity contribution in [2.45, 2.75) is 13.0 Å². The number of hydrogen-bond acceptors (Lipinski definition) is 4. The Kier molecular flexibility index (Phi) is 2.76. The maximum atomic E-state index is 12.3. The van der Waals surface area contributed by atoms with Crippen molar-refractivity contribution in [3.8, 4) is 0 Å². The summed E-state index contributed by atoms with van der Waals surface area (Å²) in [6, 6.07) is 5.33. The van der Waals surface area contributed by atoms with Crippen LogP contribution in [0, 0.1) is 5.41 Å². The summed E-state index contributed by atoms with van der Waals surface area (Å²) in [4.78, 5) is 12.3. The Balaban J connectivity index is 1.82. The van der Waals surface area contributed by atoms with E-state index in [0.29, 0.717) is 13.2 Å². The lowest BCUT2D eigenvalue weighted by molar-refractivity contribution is -0.125. The second-order valence-electron chi connectivity index (χ2n) is 5.17. The van der Waals surface area contributed by atoms with Crippen molar-refractivity contribution in [2.75, 3.05) is 18.5 Å². The third-order valence-electron chi connectivity index (χ3n) is 3.74. The molecule has 19 heavy (non-hydrogen) atoms. The number of aromatic amines is 1. The van der Waals surface area contributed by atoms with Gasteiger partial charge in [-0.25, -0.2) is 0 Å². The van der Waals surface area contributed by atoms with Crippen LogP contribution in [0.25, 0.3) is 10.9 Å². The summed E-state index contributed by atoms with van der Waals surface area (Å²) in [6.45, 7) is 2.60. The van der Waals surface area contributed by atoms with Crippen LogP contribution in [0.5, 0.6) is 0 Å². The Morgan fingerprint density at radius 2 is 2.47 bits per heavy atom. The minimum atomic E-state index is -0.678. The van der Waals surface area contributed by atoms with Gasteiger partial charge in [0.25, 0.3) is 0 Å². The molecule has 1 saturated heterocycles. The number of carbonyl (C=O) groups excluding carboxylic acids is 1. The minimum absolute atomic E-state index is 0.114. The number of fused-ring (bicyclic) bond motifs is 1. The molecule has 1 amide bonds. The van der Waals surface area contributed by atoms with Crippen molar-refractivity contribution in [2.24, 2.45) is 11.1 Å². The van der Waals surface area contributed by atoms with E-state index >= 15 is 0 Å². The Morgan fingerprint density at radius 1 is 1.63 bits per heavy atom. The molecule has 0 bridgehead atoms. The first-order valence-corrected chi connectivity index (χ1v) is 6.17. The number of nitrogens with two attached hydrogens (primary N) is 1. The number of rotatable bonds is 2. The van der Waals surface area contributed by atoms with Crippen molar-refractivity contribution >= 4 is 22.5 Å². The maximum Gasteiger partial charge on any atom is 0.234 e. The van der Waals surface area contributed by atoms with Crippen LogP contribution in [0.1, 0.15) is 6.92 Å². The van der Waals surface area contributed by atoms with Gasteiger partial charge in [0.15, 0.2) is 0 Å². The van der Waals surface area contributed by atoms with Crippen LogP contribution < -0.4 is 11.1 Å². The average Bonchev–Trinajstić information content (AvgIpc) is 2.97. The minimum Gasteiger partial charge on any atom is -0.379 e. The molecule has 1 aromatic heterocycles. The quantitative estimate of drug-likeness (QED) is 0.746. The van der Waals surface area contributed by atoms with E-state index < -0.39 is 5.41 Å². The second-order valence-corrected chi connectivity index (χ2v) is 5.17. The summed E-state index contributed by atoms with van der Waals surface area (Å²) in [5, 5.41) is 10.7. The predicted molar refractivity (Wildman–Crippen MR) is 71.6 cm³/mol. The fourth-order valence-corrected chi connectivity index (χ4v) is 2.21. The lowest BCUT2D eigenvalue weighted by Gasteiger charge is -2.25. The second kappa shape index (κ2) is 4.32. The number of amides is 1. The highest BCUT2D eigenvalue weighted by atomic mass is 16.5. The van der Waals surface area contributed by atoms with Crippen LogP contribution in [-0.4, -0.2) is 35.4 Å². The van der Waals surface area contributed by atoms with Crippen LogP contribution in [-0.2, 0) is 9.53 Å². The molecule has 0 aliphatic carbocycles. The monoisotopic (exact) mass is 260 g/mol. The van der Waals surface area contributed by atoms with Gasteiger partial charge in [-0.3, -0.25) is 9.89 Å². The lowest BCUT2D eigenvalue weighted by atomic mass is 9.85. The van der Waals surface area contributed by atoms with Crippen LogP contribution in [0.4, 0.5) is 5.69 Å². The van der Waals surface area contributed by atoms with Gasteiger partial charge in [0.1, 0.15) is 0 Å². The normalized spacial score (nSPS) is 26.7. The number of carbonyl (C=O) groups is 1. The number of benzene rings is 1. The number of aromatic nitrogens is 2. The molecule has 6 nitrogen and oxygen atoms in total. The summed E-state index contributed by atoms with van der Waals surface area (Å²) in [5.74, 6) is -0.114. The Morgan fingerprint density at radius 3 is 3.21 bits per heavy atom. The molecule has 1 aromatic carbocycles. The van der Waals surface area contributed by atoms with Gasteiger partial charge in [-0.05, 0) is 25.1 Å². The fraction of sp³-hybridized carbons (Fsp3) is 0.385. The van der Waals surface area contributed by atoms with E-state index in [4.69, 9.17) is 10.5 Å². The Bertz CT molecular complexity index is 624. The summed E-state index contributed by atoms with van der Waals surface area (Å²) in [6.07, 6.45) is 1.74. The molecule has 3 rings (SSSR count). The molecular formula is C13H16N4O2. The van der Waals surface area contributed by atoms with E-state index in [9.17, 15) is 4.79 Å². The van der Waals surface area contributed by atoms with Crippen molar-refractivity contribution in [1.29, 1.82) is 0 Å². The van der Waals surface area contributed by atoms with Gasteiger partial charge in [0, 0.05) is 17.1 Å². The molecule has 6 heteroatoms. The third kappa shape index (κ3) is 1.98. The molecule has 1 aliphatic rings. The van der Waals surface area contributed by atoms with Gasteiger partial charge in [0.2, 0.25) is 5.91 Å². The summed E-state index contributed by atoms with van der Waals surface area (Å²) < 4.78 is 5.29. The highest BCUT2D eigenvalue weighted by Crippen LogP contribution is 2.29. The molecule has 2 aromatic rings. The first-order valence-electron chi connectivity index (χ1n) is 6.17. The number of nitrogens with one attached hydrogen (secondary N) is 2. The first-order chi connectivity index (χ1) is 9.09. The molecule has 0 saturated carbocycles. The van der Waals surface area contributed by atoms with Crippen molar-refractivity contribution in [3.63, 3.8) is 0 Å². The molecule has 4 N–H and O–H groups in total. The van der Waals surface area contributed by atoms with E-state index in [2.05, 4.69) is 15.5 Å². The van der Waals surface area contributed by atoms with Crippen LogP contribution >= 0.6 is 0 Å². The van der Waals surface area contributed by atoms with E-state index in [1.54, 1.807) is 6.20 Å². The zero-order valence-corrected chi connectivity index (χ0v) is 10.6. The predicted octanol–water partition coefficient (Wildman–Crippen LogP) is 0.865. The van der Waals surface area contributed by atoms with E-state index in [-0.39, 0.29) is 11.9 Å². The topological polar surface area (TPSA) is 93.0 Å². The molecule has 1 fully saturated rings. The van der Waals surface area contributed by atoms with Gasteiger partial charge >= 0.3 is 0 Å². The summed E-state index contributed by atoms with van der Waals surface area (Å²) >= 11 is 0. The number of nitrogens with zero attached hydrogens (tertiary/aromatic N) is 1. The summed E-state index contributed by atoms with van der Waals surface area (Å²) in [7, 11) is 0. The van der Waals surface area contributed by atoms with Crippen molar-refractivity contribution in [3.05, 3.63) is 24.4 Å². The molecule has 2 atom stereocenters. The van der Waals surface area contributed by atoms with Crippen LogP contribution in [0.2, 0.25) is 0 Å². The Labute approximate surface area is 110 Å². The lowest BCUT2D eigenvalue weighted by Crippen LogP contribution is -2.47. The van der Waals surface area contributed by atoms with Gasteiger partial charge in [-0.2, -0.15) is 5.10 Å². The standard InChI is InChI=1S/C13H16N4O2/c1-13(7-19-6-11(13)14)12(18)16-9-3-2-8-5-15-17-10(8)4-9/h2-5,11H,6-7,14H2,1H3,(H,15,17)(H,16,18). The number of hydrogen-bond donors (Lipinski definition) is 3. The number of H-pyrrole nitrogens is 1. The largest absolute Gasteiger partial charge is 0.379 e. The van der Waals surface area contributed by atoms with Gasteiger partial charge < -0.3 is 15.8 Å². The van der Waals surface area contributed by atoms with Crippen LogP contribution in [0.3, 0.4) is 0 Å². The number of anilines is 1. The van der Waals surface area contributed by atoms with Crippen LogP contribution in [0.15, 0.2) is 24.4 Å². The van der Waals surface area contributed by atoms with Gasteiger partial charge in [0.05, 0.1) is 30.3 Å². The van der Waals surface area contributed by atoms with Gasteiger partial charge in [-0.15, -0.1) is 0 Å². The Hall–Kier alpha value is -1.92. The summed E-state index contributed by atoms with van der Waals surface area (Å²) in [5.41, 5.74) is 6.87. The molecule has 0 radical (unpaired) electrons. The highest BCUT2D eigenvalue weighted by Gasteiger charge is 2.44. The molecule has 1 aliphatic heterocycles. The average molecular weight is 260 g/mol.